The Morgan fingerprint density at radius 2 is 1.96 bits per heavy atom. The normalized spacial score (nSPS) is 18.9. The van der Waals surface area contributed by atoms with E-state index in [2.05, 4.69) is 18.8 Å². The molecule has 7 heteroatoms. The molecule has 1 aliphatic rings. The summed E-state index contributed by atoms with van der Waals surface area (Å²) in [5, 5.41) is 0. The summed E-state index contributed by atoms with van der Waals surface area (Å²) in [4.78, 5) is 4.23. The Morgan fingerprint density at radius 1 is 1.32 bits per heavy atom. The lowest BCUT2D eigenvalue weighted by Gasteiger charge is -2.34. The molecular weight excluding hydrogens is 358 g/mol. The number of aromatic nitrogens is 1. The summed E-state index contributed by atoms with van der Waals surface area (Å²) in [7, 11) is -3.46. The Balaban J connectivity index is 0.00000225. The monoisotopic (exact) mass is 383 g/mol. The second-order valence-electron chi connectivity index (χ2n) is 6.80. The third kappa shape index (κ3) is 4.67. The fourth-order valence-corrected chi connectivity index (χ4v) is 4.89. The van der Waals surface area contributed by atoms with E-state index in [1.165, 1.54) is 11.3 Å². The largest absolute Gasteiger partial charge is 0.348 e. The van der Waals surface area contributed by atoms with Gasteiger partial charge in [0.1, 0.15) is 0 Å². The van der Waals surface area contributed by atoms with Crippen LogP contribution in [0.25, 0.3) is 10.2 Å². The van der Waals surface area contributed by atoms with Crippen molar-refractivity contribution < 1.29 is 17.9 Å². The molecule has 0 N–H and O–H groups in total. The van der Waals surface area contributed by atoms with Crippen LogP contribution in [0.4, 0.5) is 0 Å². The number of thiazole rings is 1. The van der Waals surface area contributed by atoms with Crippen molar-refractivity contribution in [3.8, 4) is 0 Å². The van der Waals surface area contributed by atoms with Crippen molar-refractivity contribution in [2.75, 3.05) is 19.0 Å². The van der Waals surface area contributed by atoms with Crippen LogP contribution in [-0.2, 0) is 19.3 Å². The summed E-state index contributed by atoms with van der Waals surface area (Å²) in [5.41, 5.74) is 1.47. The number of sulfone groups is 1. The SMILES string of the molecule is C.C/C(=C\CS(=O)(=O)c1nc2ccccc2s1)C1OCC(C)(C)CO1. The molecule has 0 atom stereocenters. The van der Waals surface area contributed by atoms with E-state index in [1.54, 1.807) is 6.08 Å². The van der Waals surface area contributed by atoms with Crippen molar-refractivity contribution in [1.82, 2.24) is 4.98 Å². The lowest BCUT2D eigenvalue weighted by molar-refractivity contribution is -0.202. The molecule has 0 saturated carbocycles. The van der Waals surface area contributed by atoms with Gasteiger partial charge >= 0.3 is 0 Å². The molecule has 0 spiro atoms. The highest BCUT2D eigenvalue weighted by atomic mass is 32.2. The van der Waals surface area contributed by atoms with E-state index in [1.807, 2.05) is 31.2 Å². The molecule has 25 heavy (non-hydrogen) atoms. The number of para-hydroxylation sites is 1. The summed E-state index contributed by atoms with van der Waals surface area (Å²) in [6, 6.07) is 7.41. The third-order valence-electron chi connectivity index (χ3n) is 3.79. The topological polar surface area (TPSA) is 65.5 Å². The molecule has 0 aliphatic carbocycles. The highest BCUT2D eigenvalue weighted by molar-refractivity contribution is 7.93. The quantitative estimate of drug-likeness (QED) is 0.745. The average molecular weight is 384 g/mol. The first-order valence-corrected chi connectivity index (χ1v) is 10.2. The molecule has 1 saturated heterocycles. The molecule has 0 amide bonds. The van der Waals surface area contributed by atoms with E-state index in [4.69, 9.17) is 9.47 Å². The summed E-state index contributed by atoms with van der Waals surface area (Å²) in [6.45, 7) is 7.15. The van der Waals surface area contributed by atoms with Crippen LogP contribution in [0.1, 0.15) is 28.2 Å². The number of rotatable bonds is 4. The lowest BCUT2D eigenvalue weighted by atomic mass is 9.95. The second-order valence-corrected chi connectivity index (χ2v) is 10.0. The Morgan fingerprint density at radius 3 is 2.60 bits per heavy atom. The van der Waals surface area contributed by atoms with E-state index >= 15 is 0 Å². The van der Waals surface area contributed by atoms with Crippen LogP contribution in [0.5, 0.6) is 0 Å². The zero-order valence-corrected chi connectivity index (χ0v) is 15.6. The van der Waals surface area contributed by atoms with Crippen LogP contribution in [0, 0.1) is 5.41 Å². The summed E-state index contributed by atoms with van der Waals surface area (Å²) in [5.74, 6) is -0.106. The van der Waals surface area contributed by atoms with Gasteiger partial charge in [0, 0.05) is 5.41 Å². The molecule has 1 aliphatic heterocycles. The van der Waals surface area contributed by atoms with Crippen molar-refractivity contribution in [2.45, 2.75) is 38.8 Å². The summed E-state index contributed by atoms with van der Waals surface area (Å²) >= 11 is 1.20. The van der Waals surface area contributed by atoms with E-state index in [0.717, 1.165) is 10.3 Å². The smallest absolute Gasteiger partial charge is 0.210 e. The maximum absolute atomic E-state index is 12.5. The van der Waals surface area contributed by atoms with Crippen molar-refractivity contribution in [1.29, 1.82) is 0 Å². The molecule has 1 aromatic heterocycles. The van der Waals surface area contributed by atoms with Gasteiger partial charge in [0.25, 0.3) is 0 Å². The van der Waals surface area contributed by atoms with E-state index < -0.39 is 16.1 Å². The lowest BCUT2D eigenvalue weighted by Crippen LogP contribution is -2.38. The van der Waals surface area contributed by atoms with Crippen LogP contribution in [0.15, 0.2) is 40.3 Å². The number of ether oxygens (including phenoxy) is 2. The van der Waals surface area contributed by atoms with Gasteiger partial charge in [-0.25, -0.2) is 13.4 Å². The fourth-order valence-electron chi connectivity index (χ4n) is 2.35. The van der Waals surface area contributed by atoms with Crippen molar-refractivity contribution in [3.63, 3.8) is 0 Å². The average Bonchev–Trinajstić information content (AvgIpc) is 2.98. The predicted octanol–water partition coefficient (Wildman–Crippen LogP) is 4.05. The van der Waals surface area contributed by atoms with Gasteiger partial charge in [-0.1, -0.05) is 39.5 Å². The minimum Gasteiger partial charge on any atom is -0.348 e. The third-order valence-corrected chi connectivity index (χ3v) is 6.86. The Kier molecular flexibility index (Phi) is 6.04. The van der Waals surface area contributed by atoms with Crippen molar-refractivity contribution in [2.24, 2.45) is 5.41 Å². The Bertz CT molecular complexity index is 825. The van der Waals surface area contributed by atoms with Crippen LogP contribution >= 0.6 is 11.3 Å². The molecule has 3 rings (SSSR count). The number of benzene rings is 1. The van der Waals surface area contributed by atoms with E-state index in [0.29, 0.717) is 18.7 Å². The number of nitrogens with zero attached hydrogens (tertiary/aromatic N) is 1. The standard InChI is InChI=1S/C17H21NO4S2.CH4/c1-12(15-21-10-17(2,3)11-22-15)8-9-24(19,20)16-18-13-6-4-5-7-14(13)23-16;/h4-8,15H,9-11H2,1-3H3;1H4/b12-8+;. The number of hydrogen-bond donors (Lipinski definition) is 0. The molecule has 1 aromatic carbocycles. The molecule has 0 bridgehead atoms. The molecule has 5 nitrogen and oxygen atoms in total. The number of hydrogen-bond acceptors (Lipinski definition) is 6. The van der Waals surface area contributed by atoms with Crippen molar-refractivity contribution in [3.05, 3.63) is 35.9 Å². The highest BCUT2D eigenvalue weighted by Crippen LogP contribution is 2.28. The van der Waals surface area contributed by atoms with Crippen LogP contribution in [0.2, 0.25) is 0 Å². The molecular formula is C18H25NO4S2. The zero-order valence-electron chi connectivity index (χ0n) is 14.0. The van der Waals surface area contributed by atoms with Gasteiger partial charge in [-0.3, -0.25) is 0 Å². The number of fused-ring (bicyclic) bond motifs is 1. The van der Waals surface area contributed by atoms with Crippen molar-refractivity contribution >= 4 is 31.4 Å². The zero-order chi connectivity index (χ0) is 17.4. The molecule has 1 fully saturated rings. The van der Waals surface area contributed by atoms with E-state index in [9.17, 15) is 8.42 Å². The first kappa shape index (κ1) is 20.0. The minimum absolute atomic E-state index is 0. The molecule has 2 aromatic rings. The predicted molar refractivity (Wildman–Crippen MR) is 102 cm³/mol. The molecule has 0 unspecified atom stereocenters. The first-order valence-electron chi connectivity index (χ1n) is 7.75. The maximum Gasteiger partial charge on any atom is 0.210 e. The van der Waals surface area contributed by atoms with Gasteiger partial charge in [-0.2, -0.15) is 0 Å². The summed E-state index contributed by atoms with van der Waals surface area (Å²) < 4.78 is 37.4. The van der Waals surface area contributed by atoms with Gasteiger partial charge in [-0.05, 0) is 24.6 Å². The Hall–Kier alpha value is -1.28. The fraction of sp³-hybridized carbons (Fsp3) is 0.500. The van der Waals surface area contributed by atoms with Crippen LogP contribution in [0.3, 0.4) is 0 Å². The summed E-state index contributed by atoms with van der Waals surface area (Å²) in [6.07, 6.45) is 1.19. The highest BCUT2D eigenvalue weighted by Gasteiger charge is 2.29. The first-order chi connectivity index (χ1) is 11.3. The minimum atomic E-state index is -3.46. The molecule has 138 valence electrons. The van der Waals surface area contributed by atoms with E-state index in [-0.39, 0.29) is 22.9 Å². The van der Waals surface area contributed by atoms with Gasteiger partial charge in [0.15, 0.2) is 6.29 Å². The Labute approximate surface area is 153 Å². The molecule has 0 radical (unpaired) electrons. The second kappa shape index (κ2) is 7.53. The van der Waals surface area contributed by atoms with Gasteiger partial charge in [0.05, 0.1) is 29.2 Å². The van der Waals surface area contributed by atoms with Gasteiger partial charge < -0.3 is 9.47 Å². The maximum atomic E-state index is 12.5. The van der Waals surface area contributed by atoms with Gasteiger partial charge in [0.2, 0.25) is 14.2 Å². The molecule has 2 heterocycles. The van der Waals surface area contributed by atoms with Crippen LogP contribution in [-0.4, -0.2) is 38.7 Å². The van der Waals surface area contributed by atoms with Crippen LogP contribution < -0.4 is 0 Å². The van der Waals surface area contributed by atoms with Gasteiger partial charge in [-0.15, -0.1) is 11.3 Å².